The quantitative estimate of drug-likeness (QED) is 0.387. The van der Waals surface area contributed by atoms with Gasteiger partial charge < -0.3 is 14.2 Å². The Morgan fingerprint density at radius 1 is 1.03 bits per heavy atom. The molecule has 1 heterocycles. The minimum absolute atomic E-state index is 0.0446. The lowest BCUT2D eigenvalue weighted by molar-refractivity contribution is -0.203. The maximum absolute atomic E-state index is 12.5. The number of rotatable bonds is 5. The first kappa shape index (κ1) is 23.5. The van der Waals surface area contributed by atoms with E-state index in [1.165, 1.54) is 13.3 Å². The lowest BCUT2D eigenvalue weighted by Crippen LogP contribution is -2.53. The maximum Gasteiger partial charge on any atom is 0.302 e. The van der Waals surface area contributed by atoms with Gasteiger partial charge in [0.25, 0.3) is 0 Å². The van der Waals surface area contributed by atoms with Crippen molar-refractivity contribution in [3.8, 4) is 0 Å². The molecule has 0 aromatic heterocycles. The van der Waals surface area contributed by atoms with Gasteiger partial charge in [0.2, 0.25) is 0 Å². The van der Waals surface area contributed by atoms with Crippen LogP contribution in [0.4, 0.5) is 0 Å². The van der Waals surface area contributed by atoms with Crippen molar-refractivity contribution in [2.24, 2.45) is 28.6 Å². The summed E-state index contributed by atoms with van der Waals surface area (Å²) in [5.74, 6) is 1.46. The molecule has 4 aliphatic carbocycles. The van der Waals surface area contributed by atoms with Crippen LogP contribution in [0.1, 0.15) is 97.8 Å². The molecular formula is C28H42O5. The van der Waals surface area contributed by atoms with Crippen LogP contribution in [-0.2, 0) is 23.8 Å². The lowest BCUT2D eigenvalue weighted by atomic mass is 9.48. The number of fused-ring (bicyclic) bond motifs is 4. The Morgan fingerprint density at radius 3 is 2.61 bits per heavy atom. The minimum atomic E-state index is -0.160. The van der Waals surface area contributed by atoms with E-state index in [0.29, 0.717) is 17.6 Å². The average molecular weight is 459 g/mol. The summed E-state index contributed by atoms with van der Waals surface area (Å²) in [7, 11) is 0. The van der Waals surface area contributed by atoms with E-state index in [9.17, 15) is 9.59 Å². The molecule has 0 spiro atoms. The first-order chi connectivity index (χ1) is 15.8. The average Bonchev–Trinajstić information content (AvgIpc) is 3.15. The topological polar surface area (TPSA) is 61.8 Å². The van der Waals surface area contributed by atoms with Crippen molar-refractivity contribution in [1.82, 2.24) is 0 Å². The van der Waals surface area contributed by atoms with Crippen molar-refractivity contribution in [1.29, 1.82) is 0 Å². The van der Waals surface area contributed by atoms with E-state index >= 15 is 0 Å². The molecule has 0 bridgehead atoms. The zero-order chi connectivity index (χ0) is 23.2. The molecule has 5 aliphatic rings. The van der Waals surface area contributed by atoms with Crippen LogP contribution < -0.4 is 0 Å². The molecule has 4 fully saturated rings. The van der Waals surface area contributed by atoms with Gasteiger partial charge in [0.15, 0.2) is 6.29 Å². The van der Waals surface area contributed by atoms with E-state index < -0.39 is 0 Å². The molecular weight excluding hydrogens is 416 g/mol. The van der Waals surface area contributed by atoms with Gasteiger partial charge in [-0.15, -0.1) is 0 Å². The van der Waals surface area contributed by atoms with Gasteiger partial charge in [0.05, 0.1) is 6.61 Å². The third-order valence-corrected chi connectivity index (χ3v) is 10.1. The van der Waals surface area contributed by atoms with Gasteiger partial charge in [-0.1, -0.05) is 18.1 Å². The highest BCUT2D eigenvalue weighted by Gasteiger charge is 2.58. The van der Waals surface area contributed by atoms with Gasteiger partial charge in [0, 0.05) is 24.9 Å². The smallest absolute Gasteiger partial charge is 0.302 e. The number of ether oxygens (including phenoxy) is 3. The largest absolute Gasteiger partial charge is 0.463 e. The van der Waals surface area contributed by atoms with Gasteiger partial charge in [0.1, 0.15) is 11.9 Å². The SMILES string of the molecule is CC(=O)O[C@H]1CC[C@@]2(COC3CCCCO3)[C@@H](CCC3=C4CC[C@H](C(C)=O)[C@@]4(C)CC[C@@H]32)C1. The Kier molecular flexibility index (Phi) is 6.50. The van der Waals surface area contributed by atoms with Crippen molar-refractivity contribution in [3.63, 3.8) is 0 Å². The van der Waals surface area contributed by atoms with Crippen LogP contribution in [0, 0.1) is 28.6 Å². The van der Waals surface area contributed by atoms with Gasteiger partial charge in [-0.05, 0) is 101 Å². The molecule has 1 saturated heterocycles. The van der Waals surface area contributed by atoms with Crippen molar-refractivity contribution >= 4 is 11.8 Å². The first-order valence-corrected chi connectivity index (χ1v) is 13.5. The third kappa shape index (κ3) is 4.11. The van der Waals surface area contributed by atoms with E-state index in [1.807, 2.05) is 0 Å². The van der Waals surface area contributed by atoms with Crippen LogP contribution in [0.3, 0.4) is 0 Å². The normalized spacial score (nSPS) is 42.8. The summed E-state index contributed by atoms with van der Waals surface area (Å²) in [6, 6.07) is 0. The summed E-state index contributed by atoms with van der Waals surface area (Å²) in [5.41, 5.74) is 3.46. The van der Waals surface area contributed by atoms with Gasteiger partial charge in [-0.3, -0.25) is 9.59 Å². The standard InChI is InChI=1S/C28H42O5/c1-18(29)23-9-10-24-22-8-7-20-16-21(33-19(2)30)11-14-28(20,25(22)12-13-27(23,24)3)17-32-26-6-4-5-15-31-26/h20-21,23,25-26H,4-17H2,1-3H3/t20-,21-,23+,25-,26?,27+,28+/m0/s1. The zero-order valence-electron chi connectivity index (χ0n) is 20.8. The second-order valence-corrected chi connectivity index (χ2v) is 11.8. The summed E-state index contributed by atoms with van der Waals surface area (Å²) < 4.78 is 18.2. The van der Waals surface area contributed by atoms with Gasteiger partial charge in [-0.25, -0.2) is 0 Å². The minimum Gasteiger partial charge on any atom is -0.463 e. The molecule has 0 radical (unpaired) electrons. The number of carbonyl (C=O) groups excluding carboxylic acids is 2. The van der Waals surface area contributed by atoms with E-state index in [4.69, 9.17) is 14.2 Å². The summed E-state index contributed by atoms with van der Waals surface area (Å²) in [5, 5.41) is 0. The van der Waals surface area contributed by atoms with Gasteiger partial charge >= 0.3 is 5.97 Å². The molecule has 0 amide bonds. The zero-order valence-corrected chi connectivity index (χ0v) is 20.8. The highest BCUT2D eigenvalue weighted by molar-refractivity contribution is 5.80. The molecule has 3 saturated carbocycles. The fraction of sp³-hybridized carbons (Fsp3) is 0.857. The number of Topliss-reactive ketones (excluding diaryl/α,β-unsaturated/α-hetero) is 1. The Labute approximate surface area is 199 Å². The fourth-order valence-electron chi connectivity index (χ4n) is 8.62. The maximum atomic E-state index is 12.5. The van der Waals surface area contributed by atoms with Gasteiger partial charge in [-0.2, -0.15) is 0 Å². The Balaban J connectivity index is 1.44. The summed E-state index contributed by atoms with van der Waals surface area (Å²) >= 11 is 0. The van der Waals surface area contributed by atoms with Crippen LogP contribution in [0.15, 0.2) is 11.1 Å². The summed E-state index contributed by atoms with van der Waals surface area (Å²) in [6.45, 7) is 7.25. The number of hydrogen-bond acceptors (Lipinski definition) is 5. The van der Waals surface area contributed by atoms with Crippen LogP contribution in [0.5, 0.6) is 0 Å². The van der Waals surface area contributed by atoms with Crippen LogP contribution >= 0.6 is 0 Å². The predicted octanol–water partition coefficient (Wildman–Crippen LogP) is 5.75. The van der Waals surface area contributed by atoms with Crippen LogP contribution in [0.2, 0.25) is 0 Å². The number of hydrogen-bond donors (Lipinski definition) is 0. The lowest BCUT2D eigenvalue weighted by Gasteiger charge is -2.58. The van der Waals surface area contributed by atoms with E-state index in [2.05, 4.69) is 6.92 Å². The Morgan fingerprint density at radius 2 is 1.88 bits per heavy atom. The van der Waals surface area contributed by atoms with Crippen molar-refractivity contribution in [3.05, 3.63) is 11.1 Å². The highest BCUT2D eigenvalue weighted by Crippen LogP contribution is 2.65. The van der Waals surface area contributed by atoms with Crippen molar-refractivity contribution < 1.29 is 23.8 Å². The van der Waals surface area contributed by atoms with Crippen LogP contribution in [0.25, 0.3) is 0 Å². The third-order valence-electron chi connectivity index (χ3n) is 10.1. The predicted molar refractivity (Wildman–Crippen MR) is 125 cm³/mol. The molecule has 0 N–H and O–H groups in total. The molecule has 0 aromatic rings. The van der Waals surface area contributed by atoms with E-state index in [-0.39, 0.29) is 35.1 Å². The number of ketones is 1. The molecule has 7 atom stereocenters. The molecule has 1 unspecified atom stereocenters. The highest BCUT2D eigenvalue weighted by atomic mass is 16.7. The molecule has 184 valence electrons. The first-order valence-electron chi connectivity index (χ1n) is 13.5. The Hall–Kier alpha value is -1.20. The summed E-state index contributed by atoms with van der Waals surface area (Å²) in [4.78, 5) is 24.1. The van der Waals surface area contributed by atoms with Crippen LogP contribution in [-0.4, -0.2) is 37.4 Å². The van der Waals surface area contributed by atoms with E-state index in [1.54, 1.807) is 18.1 Å². The number of carbonyl (C=O) groups is 2. The Bertz CT molecular complexity index is 811. The molecule has 33 heavy (non-hydrogen) atoms. The molecule has 1 aliphatic heterocycles. The summed E-state index contributed by atoms with van der Waals surface area (Å²) in [6.07, 6.45) is 12.9. The molecule has 0 aromatic carbocycles. The van der Waals surface area contributed by atoms with Crippen molar-refractivity contribution in [2.45, 2.75) is 110 Å². The second-order valence-electron chi connectivity index (χ2n) is 11.8. The van der Waals surface area contributed by atoms with E-state index in [0.717, 1.165) is 83.8 Å². The van der Waals surface area contributed by atoms with Crippen molar-refractivity contribution in [2.75, 3.05) is 13.2 Å². The second kappa shape index (κ2) is 9.11. The fourth-order valence-corrected chi connectivity index (χ4v) is 8.62. The molecule has 5 rings (SSSR count). The molecule has 5 nitrogen and oxygen atoms in total. The monoisotopic (exact) mass is 458 g/mol. The number of allylic oxidation sites excluding steroid dienone is 2. The number of esters is 1. The molecule has 5 heteroatoms.